The zero-order valence-electron chi connectivity index (χ0n) is 14.7. The topological polar surface area (TPSA) is 70.7 Å². The van der Waals surface area contributed by atoms with Crippen LogP contribution in [-0.2, 0) is 20.7 Å². The van der Waals surface area contributed by atoms with Crippen molar-refractivity contribution in [2.24, 2.45) is 0 Å². The van der Waals surface area contributed by atoms with Crippen molar-refractivity contribution in [3.63, 3.8) is 0 Å². The van der Waals surface area contributed by atoms with Crippen LogP contribution in [0.25, 0.3) is 0 Å². The molecule has 0 saturated carbocycles. The first-order valence-electron chi connectivity index (χ1n) is 8.69. The van der Waals surface area contributed by atoms with Gasteiger partial charge in [-0.25, -0.2) is 0 Å². The van der Waals surface area contributed by atoms with E-state index in [2.05, 4.69) is 15.5 Å². The predicted octanol–water partition coefficient (Wildman–Crippen LogP) is 2.27. The molecule has 1 aliphatic rings. The average Bonchev–Trinajstić information content (AvgIpc) is 3.15. The summed E-state index contributed by atoms with van der Waals surface area (Å²) in [4.78, 5) is 27.7. The van der Waals surface area contributed by atoms with E-state index < -0.39 is 11.8 Å². The predicted molar refractivity (Wildman–Crippen MR) is 104 cm³/mol. The Bertz CT molecular complexity index is 742. The summed E-state index contributed by atoms with van der Waals surface area (Å²) in [6.07, 6.45) is 0.712. The molecule has 138 valence electrons. The van der Waals surface area contributed by atoms with Gasteiger partial charge in [0.1, 0.15) is 0 Å². The summed E-state index contributed by atoms with van der Waals surface area (Å²) in [5.41, 5.74) is 1.62. The molecule has 3 rings (SSSR count). The Morgan fingerprint density at radius 3 is 2.73 bits per heavy atom. The minimum absolute atomic E-state index is 0.105. The van der Waals surface area contributed by atoms with E-state index in [0.29, 0.717) is 25.3 Å². The normalized spacial score (nSPS) is 15.3. The molecular formula is C19H23N3O3S. The molecule has 1 aromatic carbocycles. The Kier molecular flexibility index (Phi) is 6.25. The lowest BCUT2D eigenvalue weighted by Gasteiger charge is -2.29. The second-order valence-corrected chi connectivity index (χ2v) is 7.29. The van der Waals surface area contributed by atoms with Crippen molar-refractivity contribution >= 4 is 34.5 Å². The van der Waals surface area contributed by atoms with Gasteiger partial charge in [-0.05, 0) is 36.6 Å². The smallest absolute Gasteiger partial charge is 0.313 e. The maximum atomic E-state index is 12.2. The van der Waals surface area contributed by atoms with E-state index in [9.17, 15) is 9.59 Å². The molecule has 1 aromatic heterocycles. The summed E-state index contributed by atoms with van der Waals surface area (Å²) in [6, 6.07) is 11.4. The summed E-state index contributed by atoms with van der Waals surface area (Å²) in [7, 11) is 0. The Hall–Kier alpha value is -2.38. The molecule has 1 fully saturated rings. The van der Waals surface area contributed by atoms with Crippen molar-refractivity contribution in [2.75, 3.05) is 36.5 Å². The monoisotopic (exact) mass is 373 g/mol. The number of benzene rings is 1. The second kappa shape index (κ2) is 8.82. The maximum absolute atomic E-state index is 12.2. The van der Waals surface area contributed by atoms with Gasteiger partial charge in [-0.2, -0.15) is 0 Å². The first kappa shape index (κ1) is 18.4. The van der Waals surface area contributed by atoms with Gasteiger partial charge >= 0.3 is 11.8 Å². The number of morpholine rings is 1. The minimum Gasteiger partial charge on any atom is -0.378 e. The summed E-state index contributed by atoms with van der Waals surface area (Å²) < 4.78 is 5.36. The van der Waals surface area contributed by atoms with Crippen LogP contribution in [0.3, 0.4) is 0 Å². The van der Waals surface area contributed by atoms with Crippen LogP contribution in [0.5, 0.6) is 0 Å². The van der Waals surface area contributed by atoms with Crippen molar-refractivity contribution in [2.45, 2.75) is 19.4 Å². The lowest BCUT2D eigenvalue weighted by atomic mass is 10.2. The molecule has 1 saturated heterocycles. The number of nitrogens with one attached hydrogen (secondary N) is 2. The fraction of sp³-hybridized carbons (Fsp3) is 0.368. The van der Waals surface area contributed by atoms with Crippen molar-refractivity contribution < 1.29 is 14.3 Å². The highest BCUT2D eigenvalue weighted by Gasteiger charge is 2.18. The number of rotatable bonds is 5. The fourth-order valence-electron chi connectivity index (χ4n) is 2.86. The zero-order valence-corrected chi connectivity index (χ0v) is 15.6. The molecule has 0 aliphatic carbocycles. The lowest BCUT2D eigenvalue weighted by Crippen LogP contribution is -2.41. The third kappa shape index (κ3) is 5.06. The number of carbonyl (C=O) groups is 2. The zero-order chi connectivity index (χ0) is 18.4. The molecule has 0 bridgehead atoms. The van der Waals surface area contributed by atoms with Gasteiger partial charge in [0.25, 0.3) is 0 Å². The third-order valence-corrected chi connectivity index (χ3v) is 5.05. The van der Waals surface area contributed by atoms with Crippen LogP contribution in [0.4, 0.5) is 11.4 Å². The van der Waals surface area contributed by atoms with Gasteiger partial charge in [-0.15, -0.1) is 11.3 Å². The van der Waals surface area contributed by atoms with Crippen LogP contribution in [0.1, 0.15) is 11.8 Å². The number of nitrogens with zero attached hydrogens (tertiary/aromatic N) is 1. The van der Waals surface area contributed by atoms with E-state index >= 15 is 0 Å². The fourth-order valence-corrected chi connectivity index (χ4v) is 3.70. The Labute approximate surface area is 157 Å². The Balaban J connectivity index is 1.54. The van der Waals surface area contributed by atoms with Gasteiger partial charge < -0.3 is 20.3 Å². The van der Waals surface area contributed by atoms with Crippen molar-refractivity contribution in [3.05, 3.63) is 46.7 Å². The van der Waals surface area contributed by atoms with Crippen LogP contribution >= 0.6 is 11.3 Å². The number of anilines is 2. The molecule has 2 heterocycles. The highest BCUT2D eigenvalue weighted by molar-refractivity contribution is 7.09. The van der Waals surface area contributed by atoms with E-state index in [1.54, 1.807) is 17.4 Å². The first-order valence-corrected chi connectivity index (χ1v) is 9.57. The van der Waals surface area contributed by atoms with Crippen molar-refractivity contribution in [3.8, 4) is 0 Å². The van der Waals surface area contributed by atoms with Crippen LogP contribution in [0, 0.1) is 0 Å². The van der Waals surface area contributed by atoms with Crippen LogP contribution < -0.4 is 15.5 Å². The van der Waals surface area contributed by atoms with E-state index in [-0.39, 0.29) is 6.04 Å². The SMILES string of the molecule is CC(Cc1cccs1)NC(=O)C(=O)Nc1cccc(N2CCOCC2)c1. The van der Waals surface area contributed by atoms with Crippen molar-refractivity contribution in [1.29, 1.82) is 0 Å². The van der Waals surface area contributed by atoms with Crippen molar-refractivity contribution in [1.82, 2.24) is 5.32 Å². The number of thiophene rings is 1. The number of carbonyl (C=O) groups excluding carboxylic acids is 2. The molecule has 2 N–H and O–H groups in total. The Morgan fingerprint density at radius 2 is 2.00 bits per heavy atom. The summed E-state index contributed by atoms with van der Waals surface area (Å²) in [6.45, 7) is 4.92. The highest BCUT2D eigenvalue weighted by atomic mass is 32.1. The number of amides is 2. The van der Waals surface area contributed by atoms with Gasteiger partial charge in [0.15, 0.2) is 0 Å². The number of hydrogen-bond acceptors (Lipinski definition) is 5. The second-order valence-electron chi connectivity index (χ2n) is 6.26. The molecule has 0 spiro atoms. The molecule has 1 aliphatic heterocycles. The molecule has 26 heavy (non-hydrogen) atoms. The summed E-state index contributed by atoms with van der Waals surface area (Å²) in [5, 5.41) is 7.42. The van der Waals surface area contributed by atoms with Gasteiger partial charge in [0.2, 0.25) is 0 Å². The van der Waals surface area contributed by atoms with Gasteiger partial charge in [0.05, 0.1) is 13.2 Å². The van der Waals surface area contributed by atoms with Crippen LogP contribution in [0.15, 0.2) is 41.8 Å². The standard InChI is InChI=1S/C19H23N3O3S/c1-14(12-17-6-3-11-26-17)20-18(23)19(24)21-15-4-2-5-16(13-15)22-7-9-25-10-8-22/h2-6,11,13-14H,7-10,12H2,1H3,(H,20,23)(H,21,24). The van der Waals surface area contributed by atoms with E-state index in [1.165, 1.54) is 4.88 Å². The van der Waals surface area contributed by atoms with E-state index in [0.717, 1.165) is 18.8 Å². The van der Waals surface area contributed by atoms with Crippen LogP contribution in [-0.4, -0.2) is 44.2 Å². The van der Waals surface area contributed by atoms with Crippen LogP contribution in [0.2, 0.25) is 0 Å². The number of ether oxygens (including phenoxy) is 1. The summed E-state index contributed by atoms with van der Waals surface area (Å²) >= 11 is 1.64. The number of hydrogen-bond donors (Lipinski definition) is 2. The average molecular weight is 373 g/mol. The molecule has 7 heteroatoms. The Morgan fingerprint density at radius 1 is 1.19 bits per heavy atom. The molecule has 2 amide bonds. The maximum Gasteiger partial charge on any atom is 0.313 e. The van der Waals surface area contributed by atoms with E-state index in [4.69, 9.17) is 4.74 Å². The first-order chi connectivity index (χ1) is 12.6. The van der Waals surface area contributed by atoms with Gasteiger partial charge in [-0.3, -0.25) is 9.59 Å². The molecule has 2 aromatic rings. The van der Waals surface area contributed by atoms with E-state index in [1.807, 2.05) is 42.6 Å². The molecule has 6 nitrogen and oxygen atoms in total. The van der Waals surface area contributed by atoms with Gasteiger partial charge in [-0.1, -0.05) is 12.1 Å². The lowest BCUT2D eigenvalue weighted by molar-refractivity contribution is -0.136. The molecular weight excluding hydrogens is 350 g/mol. The molecule has 1 atom stereocenters. The highest BCUT2D eigenvalue weighted by Crippen LogP contribution is 2.20. The quantitative estimate of drug-likeness (QED) is 0.789. The molecule has 1 unspecified atom stereocenters. The summed E-state index contributed by atoms with van der Waals surface area (Å²) in [5.74, 6) is -1.27. The molecule has 0 radical (unpaired) electrons. The third-order valence-electron chi connectivity index (χ3n) is 4.15. The minimum atomic E-state index is -0.651. The largest absolute Gasteiger partial charge is 0.378 e. The van der Waals surface area contributed by atoms with Gasteiger partial charge in [0, 0.05) is 41.8 Å².